The van der Waals surface area contributed by atoms with Crippen LogP contribution in [0.5, 0.6) is 0 Å². The number of rotatable bonds is 3. The topological polar surface area (TPSA) is 52.9 Å². The quantitative estimate of drug-likeness (QED) is 0.575. The van der Waals surface area contributed by atoms with Crippen LogP contribution in [0.15, 0.2) is 0 Å². The monoisotopic (exact) mass is 138 g/mol. The SMILES string of the molecule is N#CCCNC(=O)C1CC1. The van der Waals surface area contributed by atoms with Gasteiger partial charge in [-0.15, -0.1) is 0 Å². The molecule has 1 amide bonds. The molecule has 1 fully saturated rings. The number of carbonyl (C=O) groups excluding carboxylic acids is 1. The maximum Gasteiger partial charge on any atom is 0.223 e. The van der Waals surface area contributed by atoms with Crippen LogP contribution >= 0.6 is 0 Å². The second kappa shape index (κ2) is 3.21. The highest BCUT2D eigenvalue weighted by Crippen LogP contribution is 2.28. The van der Waals surface area contributed by atoms with Gasteiger partial charge in [0.1, 0.15) is 0 Å². The molecule has 0 radical (unpaired) electrons. The zero-order valence-electron chi connectivity index (χ0n) is 5.76. The number of nitrogens with one attached hydrogen (secondary N) is 1. The van der Waals surface area contributed by atoms with Gasteiger partial charge in [-0.2, -0.15) is 5.26 Å². The molecule has 1 aliphatic rings. The van der Waals surface area contributed by atoms with E-state index in [1.807, 2.05) is 6.07 Å². The average molecular weight is 138 g/mol. The van der Waals surface area contributed by atoms with Gasteiger partial charge >= 0.3 is 0 Å². The molecule has 1 aliphatic carbocycles. The number of hydrogen-bond donors (Lipinski definition) is 1. The zero-order valence-corrected chi connectivity index (χ0v) is 5.76. The first-order chi connectivity index (χ1) is 4.84. The first kappa shape index (κ1) is 7.07. The lowest BCUT2D eigenvalue weighted by molar-refractivity contribution is -0.122. The summed E-state index contributed by atoms with van der Waals surface area (Å²) in [6.07, 6.45) is 2.47. The fourth-order valence-electron chi connectivity index (χ4n) is 0.731. The van der Waals surface area contributed by atoms with Crippen LogP contribution in [-0.4, -0.2) is 12.5 Å². The first-order valence-corrected chi connectivity index (χ1v) is 3.49. The molecule has 0 aromatic rings. The third-order valence-electron chi connectivity index (χ3n) is 1.48. The van der Waals surface area contributed by atoms with E-state index in [-0.39, 0.29) is 11.8 Å². The van der Waals surface area contributed by atoms with Gasteiger partial charge < -0.3 is 5.32 Å². The molecule has 3 heteroatoms. The number of nitrogens with zero attached hydrogens (tertiary/aromatic N) is 1. The van der Waals surface area contributed by atoms with Crippen molar-refractivity contribution in [2.75, 3.05) is 6.54 Å². The third kappa shape index (κ3) is 2.06. The molecule has 1 saturated carbocycles. The summed E-state index contributed by atoms with van der Waals surface area (Å²) in [6, 6.07) is 1.97. The van der Waals surface area contributed by atoms with Crippen molar-refractivity contribution in [2.45, 2.75) is 19.3 Å². The summed E-state index contributed by atoms with van der Waals surface area (Å²) in [5.41, 5.74) is 0. The lowest BCUT2D eigenvalue weighted by atomic mass is 10.4. The van der Waals surface area contributed by atoms with Gasteiger partial charge in [0.05, 0.1) is 12.5 Å². The van der Waals surface area contributed by atoms with E-state index in [0.717, 1.165) is 12.8 Å². The molecule has 1 rings (SSSR count). The van der Waals surface area contributed by atoms with E-state index in [9.17, 15) is 4.79 Å². The fourth-order valence-corrected chi connectivity index (χ4v) is 0.731. The second-order valence-corrected chi connectivity index (χ2v) is 2.47. The number of amides is 1. The molecule has 3 nitrogen and oxygen atoms in total. The summed E-state index contributed by atoms with van der Waals surface area (Å²) in [5.74, 6) is 0.383. The molecular formula is C7H10N2O. The lowest BCUT2D eigenvalue weighted by Gasteiger charge is -1.97. The Hall–Kier alpha value is -1.04. The van der Waals surface area contributed by atoms with Crippen molar-refractivity contribution in [2.24, 2.45) is 5.92 Å². The number of carbonyl (C=O) groups is 1. The molecule has 0 spiro atoms. The van der Waals surface area contributed by atoms with E-state index in [1.165, 1.54) is 0 Å². The van der Waals surface area contributed by atoms with Gasteiger partial charge in [-0.05, 0) is 12.8 Å². The Kier molecular flexibility index (Phi) is 2.27. The number of nitriles is 1. The molecular weight excluding hydrogens is 128 g/mol. The van der Waals surface area contributed by atoms with Crippen LogP contribution in [-0.2, 0) is 4.79 Å². The molecule has 0 aliphatic heterocycles. The summed E-state index contributed by atoms with van der Waals surface area (Å²) in [4.78, 5) is 10.9. The summed E-state index contributed by atoms with van der Waals surface area (Å²) in [5, 5.41) is 10.8. The van der Waals surface area contributed by atoms with E-state index in [1.54, 1.807) is 0 Å². The molecule has 10 heavy (non-hydrogen) atoms. The van der Waals surface area contributed by atoms with Crippen LogP contribution in [0.1, 0.15) is 19.3 Å². The van der Waals surface area contributed by atoms with Gasteiger partial charge in [0.15, 0.2) is 0 Å². The zero-order chi connectivity index (χ0) is 7.40. The van der Waals surface area contributed by atoms with E-state index in [0.29, 0.717) is 13.0 Å². The predicted octanol–water partition coefficient (Wildman–Crippen LogP) is 0.426. The predicted molar refractivity (Wildman–Crippen MR) is 36.0 cm³/mol. The Balaban J connectivity index is 2.02. The molecule has 0 saturated heterocycles. The Morgan fingerprint density at radius 3 is 2.90 bits per heavy atom. The van der Waals surface area contributed by atoms with Crippen molar-refractivity contribution < 1.29 is 4.79 Å². The standard InChI is InChI=1S/C7H10N2O/c8-4-1-5-9-7(10)6-2-3-6/h6H,1-3,5H2,(H,9,10). The minimum absolute atomic E-state index is 0.121. The first-order valence-electron chi connectivity index (χ1n) is 3.49. The normalized spacial score (nSPS) is 15.9. The fraction of sp³-hybridized carbons (Fsp3) is 0.714. The van der Waals surface area contributed by atoms with Crippen LogP contribution in [0.2, 0.25) is 0 Å². The van der Waals surface area contributed by atoms with Gasteiger partial charge in [-0.1, -0.05) is 0 Å². The average Bonchev–Trinajstić information content (AvgIpc) is 2.69. The highest BCUT2D eigenvalue weighted by Gasteiger charge is 2.28. The van der Waals surface area contributed by atoms with Crippen molar-refractivity contribution in [3.63, 3.8) is 0 Å². The molecule has 54 valence electrons. The van der Waals surface area contributed by atoms with Gasteiger partial charge in [0, 0.05) is 12.5 Å². The molecule has 0 unspecified atom stereocenters. The van der Waals surface area contributed by atoms with Crippen molar-refractivity contribution in [1.29, 1.82) is 5.26 Å². The van der Waals surface area contributed by atoms with Gasteiger partial charge in [0.2, 0.25) is 5.91 Å². The highest BCUT2D eigenvalue weighted by atomic mass is 16.2. The smallest absolute Gasteiger partial charge is 0.223 e. The Morgan fingerprint density at radius 1 is 1.70 bits per heavy atom. The van der Waals surface area contributed by atoms with E-state index < -0.39 is 0 Å². The number of hydrogen-bond acceptors (Lipinski definition) is 2. The van der Waals surface area contributed by atoms with E-state index in [2.05, 4.69) is 5.32 Å². The van der Waals surface area contributed by atoms with Crippen molar-refractivity contribution >= 4 is 5.91 Å². The Labute approximate surface area is 60.0 Å². The highest BCUT2D eigenvalue weighted by molar-refractivity contribution is 5.80. The maximum atomic E-state index is 10.9. The molecule has 0 atom stereocenters. The van der Waals surface area contributed by atoms with Crippen molar-refractivity contribution in [3.05, 3.63) is 0 Å². The maximum absolute atomic E-state index is 10.9. The van der Waals surface area contributed by atoms with E-state index in [4.69, 9.17) is 5.26 Å². The summed E-state index contributed by atoms with van der Waals surface area (Å²) < 4.78 is 0. The summed E-state index contributed by atoms with van der Waals surface area (Å²) in [7, 11) is 0. The third-order valence-corrected chi connectivity index (χ3v) is 1.48. The lowest BCUT2D eigenvalue weighted by Crippen LogP contribution is -2.25. The minimum Gasteiger partial charge on any atom is -0.355 e. The molecule has 0 heterocycles. The summed E-state index contributed by atoms with van der Waals surface area (Å²) >= 11 is 0. The molecule has 0 bridgehead atoms. The van der Waals surface area contributed by atoms with Crippen LogP contribution in [0.4, 0.5) is 0 Å². The van der Waals surface area contributed by atoms with Crippen LogP contribution in [0.3, 0.4) is 0 Å². The van der Waals surface area contributed by atoms with Crippen LogP contribution in [0.25, 0.3) is 0 Å². The van der Waals surface area contributed by atoms with Crippen LogP contribution in [0, 0.1) is 17.2 Å². The van der Waals surface area contributed by atoms with E-state index >= 15 is 0 Å². The molecule has 1 N–H and O–H groups in total. The van der Waals surface area contributed by atoms with Gasteiger partial charge in [0.25, 0.3) is 0 Å². The van der Waals surface area contributed by atoms with Gasteiger partial charge in [-0.3, -0.25) is 4.79 Å². The molecule has 0 aromatic carbocycles. The van der Waals surface area contributed by atoms with Crippen LogP contribution < -0.4 is 5.32 Å². The molecule has 0 aromatic heterocycles. The Morgan fingerprint density at radius 2 is 2.40 bits per heavy atom. The second-order valence-electron chi connectivity index (χ2n) is 2.47. The minimum atomic E-state index is 0.121. The largest absolute Gasteiger partial charge is 0.355 e. The Bertz CT molecular complexity index is 167. The van der Waals surface area contributed by atoms with Gasteiger partial charge in [-0.25, -0.2) is 0 Å². The van der Waals surface area contributed by atoms with Crippen molar-refractivity contribution in [1.82, 2.24) is 5.32 Å². The van der Waals surface area contributed by atoms with Crippen molar-refractivity contribution in [3.8, 4) is 6.07 Å². The summed E-state index contributed by atoms with van der Waals surface area (Å²) in [6.45, 7) is 0.506.